The van der Waals surface area contributed by atoms with Gasteiger partial charge in [-0.25, -0.2) is 0 Å². The van der Waals surface area contributed by atoms with Crippen molar-refractivity contribution in [1.82, 2.24) is 10.2 Å². The van der Waals surface area contributed by atoms with Gasteiger partial charge in [-0.2, -0.15) is 0 Å². The fourth-order valence-electron chi connectivity index (χ4n) is 3.32. The number of hydrogen-bond donors (Lipinski definition) is 1. The van der Waals surface area contributed by atoms with Crippen molar-refractivity contribution in [2.75, 3.05) is 13.1 Å². The lowest BCUT2D eigenvalue weighted by Gasteiger charge is -2.14. The van der Waals surface area contributed by atoms with E-state index in [-0.39, 0.29) is 5.91 Å². The third-order valence-electron chi connectivity index (χ3n) is 4.73. The normalized spacial score (nSPS) is 14.9. The zero-order valence-corrected chi connectivity index (χ0v) is 15.0. The molecule has 3 aromatic rings. The summed E-state index contributed by atoms with van der Waals surface area (Å²) in [5, 5.41) is 4.16. The first-order valence-corrected chi connectivity index (χ1v) is 9.66. The van der Waals surface area contributed by atoms with Crippen molar-refractivity contribution in [1.29, 1.82) is 0 Å². The van der Waals surface area contributed by atoms with Crippen molar-refractivity contribution in [3.05, 3.63) is 70.6 Å². The lowest BCUT2D eigenvalue weighted by Crippen LogP contribution is -2.22. The van der Waals surface area contributed by atoms with E-state index in [1.807, 2.05) is 24.3 Å². The van der Waals surface area contributed by atoms with Crippen LogP contribution in [-0.2, 0) is 13.1 Å². The first-order valence-electron chi connectivity index (χ1n) is 8.85. The molecule has 1 aliphatic heterocycles. The molecule has 3 nitrogen and oxygen atoms in total. The molecule has 0 spiro atoms. The molecule has 1 fully saturated rings. The maximum absolute atomic E-state index is 12.4. The molecule has 2 heterocycles. The number of carbonyl (C=O) groups excluding carboxylic acids is 1. The summed E-state index contributed by atoms with van der Waals surface area (Å²) in [6.45, 7) is 4.03. The first-order chi connectivity index (χ1) is 12.3. The lowest BCUT2D eigenvalue weighted by molar-refractivity contribution is 0.0955. The summed E-state index contributed by atoms with van der Waals surface area (Å²) in [6.07, 6.45) is 2.64. The van der Waals surface area contributed by atoms with Crippen LogP contribution in [0.1, 0.15) is 33.6 Å². The van der Waals surface area contributed by atoms with Gasteiger partial charge in [-0.3, -0.25) is 9.69 Å². The summed E-state index contributed by atoms with van der Waals surface area (Å²) < 4.78 is 1.15. The number of amides is 1. The third kappa shape index (κ3) is 3.91. The Bertz CT molecular complexity index is 830. The monoisotopic (exact) mass is 350 g/mol. The Morgan fingerprint density at radius 3 is 2.48 bits per heavy atom. The Morgan fingerprint density at radius 1 is 1.00 bits per heavy atom. The Morgan fingerprint density at radius 2 is 1.72 bits per heavy atom. The smallest absolute Gasteiger partial charge is 0.261 e. The highest BCUT2D eigenvalue weighted by Crippen LogP contribution is 2.25. The van der Waals surface area contributed by atoms with Crippen LogP contribution in [0.15, 0.2) is 54.6 Å². The molecule has 1 saturated heterocycles. The molecule has 1 amide bonds. The molecule has 1 aliphatic rings. The number of nitrogens with zero attached hydrogens (tertiary/aromatic N) is 1. The van der Waals surface area contributed by atoms with E-state index in [2.05, 4.69) is 40.5 Å². The molecule has 1 aromatic heterocycles. The average molecular weight is 350 g/mol. The summed E-state index contributed by atoms with van der Waals surface area (Å²) in [6, 6.07) is 18.7. The van der Waals surface area contributed by atoms with Crippen LogP contribution in [0.2, 0.25) is 0 Å². The van der Waals surface area contributed by atoms with Crippen LogP contribution >= 0.6 is 11.3 Å². The van der Waals surface area contributed by atoms with E-state index in [0.29, 0.717) is 6.54 Å². The van der Waals surface area contributed by atoms with E-state index in [4.69, 9.17) is 0 Å². The molecule has 0 radical (unpaired) electrons. The number of thiophene rings is 1. The Labute approximate surface area is 152 Å². The molecule has 128 valence electrons. The van der Waals surface area contributed by atoms with E-state index in [9.17, 15) is 4.79 Å². The van der Waals surface area contributed by atoms with E-state index in [1.165, 1.54) is 31.5 Å². The van der Waals surface area contributed by atoms with Crippen molar-refractivity contribution in [2.45, 2.75) is 25.9 Å². The highest BCUT2D eigenvalue weighted by atomic mass is 32.1. The van der Waals surface area contributed by atoms with Crippen LogP contribution < -0.4 is 5.32 Å². The number of hydrogen-bond acceptors (Lipinski definition) is 3. The van der Waals surface area contributed by atoms with Crippen molar-refractivity contribution in [3.63, 3.8) is 0 Å². The second kappa shape index (κ2) is 7.38. The SMILES string of the molecule is O=C(NCc1ccc(CN2CCCC2)cc1)c1cc2ccccc2s1. The Kier molecular flexibility index (Phi) is 4.81. The average Bonchev–Trinajstić information content (AvgIpc) is 3.30. The van der Waals surface area contributed by atoms with E-state index in [0.717, 1.165) is 27.1 Å². The lowest BCUT2D eigenvalue weighted by atomic mass is 10.1. The summed E-state index contributed by atoms with van der Waals surface area (Å²) in [5.74, 6) is 0.00217. The molecule has 25 heavy (non-hydrogen) atoms. The molecule has 4 rings (SSSR count). The van der Waals surface area contributed by atoms with Crippen LogP contribution in [0, 0.1) is 0 Å². The van der Waals surface area contributed by atoms with Gasteiger partial charge in [0.25, 0.3) is 5.91 Å². The third-order valence-corrected chi connectivity index (χ3v) is 5.85. The van der Waals surface area contributed by atoms with Gasteiger partial charge in [0.15, 0.2) is 0 Å². The van der Waals surface area contributed by atoms with Crippen LogP contribution in [0.4, 0.5) is 0 Å². The molecular formula is C21H22N2OS. The van der Waals surface area contributed by atoms with E-state index >= 15 is 0 Å². The van der Waals surface area contributed by atoms with Gasteiger partial charge in [-0.15, -0.1) is 11.3 Å². The van der Waals surface area contributed by atoms with Crippen LogP contribution in [0.3, 0.4) is 0 Å². The van der Waals surface area contributed by atoms with Crippen molar-refractivity contribution in [2.24, 2.45) is 0 Å². The molecule has 0 unspecified atom stereocenters. The predicted molar refractivity (Wildman–Crippen MR) is 104 cm³/mol. The second-order valence-corrected chi connectivity index (χ2v) is 7.71. The van der Waals surface area contributed by atoms with E-state index in [1.54, 1.807) is 11.3 Å². The molecule has 1 N–H and O–H groups in total. The number of fused-ring (bicyclic) bond motifs is 1. The summed E-state index contributed by atoms with van der Waals surface area (Å²) in [5.41, 5.74) is 2.49. The molecule has 0 atom stereocenters. The van der Waals surface area contributed by atoms with Crippen molar-refractivity contribution in [3.8, 4) is 0 Å². The van der Waals surface area contributed by atoms with Crippen LogP contribution in [0.25, 0.3) is 10.1 Å². The minimum Gasteiger partial charge on any atom is -0.347 e. The highest BCUT2D eigenvalue weighted by Gasteiger charge is 2.12. The van der Waals surface area contributed by atoms with Gasteiger partial charge in [-0.05, 0) is 54.6 Å². The van der Waals surface area contributed by atoms with Gasteiger partial charge in [0.05, 0.1) is 4.88 Å². The standard InChI is InChI=1S/C21H22N2OS/c24-21(20-13-18-5-1-2-6-19(18)25-20)22-14-16-7-9-17(10-8-16)15-23-11-3-4-12-23/h1-2,5-10,13H,3-4,11-12,14-15H2,(H,22,24). The highest BCUT2D eigenvalue weighted by molar-refractivity contribution is 7.20. The maximum Gasteiger partial charge on any atom is 0.261 e. The van der Waals surface area contributed by atoms with Gasteiger partial charge >= 0.3 is 0 Å². The van der Waals surface area contributed by atoms with Gasteiger partial charge < -0.3 is 5.32 Å². The van der Waals surface area contributed by atoms with Gasteiger partial charge in [-0.1, -0.05) is 42.5 Å². The second-order valence-electron chi connectivity index (χ2n) is 6.63. The molecule has 2 aromatic carbocycles. The number of likely N-dealkylation sites (tertiary alicyclic amines) is 1. The zero-order chi connectivity index (χ0) is 17.1. The minimum absolute atomic E-state index is 0.00217. The zero-order valence-electron chi connectivity index (χ0n) is 14.2. The molecular weight excluding hydrogens is 328 g/mol. The quantitative estimate of drug-likeness (QED) is 0.738. The first kappa shape index (κ1) is 16.3. The largest absolute Gasteiger partial charge is 0.347 e. The molecule has 0 saturated carbocycles. The fraction of sp³-hybridized carbons (Fsp3) is 0.286. The molecule has 0 aliphatic carbocycles. The van der Waals surface area contributed by atoms with Crippen LogP contribution in [-0.4, -0.2) is 23.9 Å². The number of rotatable bonds is 5. The number of benzene rings is 2. The topological polar surface area (TPSA) is 32.3 Å². The van der Waals surface area contributed by atoms with Gasteiger partial charge in [0.1, 0.15) is 0 Å². The summed E-state index contributed by atoms with van der Waals surface area (Å²) >= 11 is 1.54. The van der Waals surface area contributed by atoms with Gasteiger partial charge in [0, 0.05) is 17.8 Å². The Hall–Kier alpha value is -2.17. The van der Waals surface area contributed by atoms with Gasteiger partial charge in [0.2, 0.25) is 0 Å². The summed E-state index contributed by atoms with van der Waals surface area (Å²) in [4.78, 5) is 15.6. The van der Waals surface area contributed by atoms with Crippen molar-refractivity contribution < 1.29 is 4.79 Å². The van der Waals surface area contributed by atoms with E-state index < -0.39 is 0 Å². The van der Waals surface area contributed by atoms with Crippen LogP contribution in [0.5, 0.6) is 0 Å². The predicted octanol–water partition coefficient (Wildman–Crippen LogP) is 4.43. The minimum atomic E-state index is 0.00217. The number of carbonyl (C=O) groups is 1. The molecule has 0 bridgehead atoms. The van der Waals surface area contributed by atoms with Crippen molar-refractivity contribution >= 4 is 27.3 Å². The summed E-state index contributed by atoms with van der Waals surface area (Å²) in [7, 11) is 0. The number of nitrogens with one attached hydrogen (secondary N) is 1. The Balaban J connectivity index is 1.34. The fourth-order valence-corrected chi connectivity index (χ4v) is 4.30. The maximum atomic E-state index is 12.4. The molecule has 4 heteroatoms.